The van der Waals surface area contributed by atoms with Crippen LogP contribution in [-0.4, -0.2) is 20.7 Å². The molecule has 0 aliphatic rings. The lowest BCUT2D eigenvalue weighted by atomic mass is 10.0. The lowest BCUT2D eigenvalue weighted by molar-refractivity contribution is 0.0922. The second kappa shape index (κ2) is 9.65. The zero-order valence-electron chi connectivity index (χ0n) is 16.4. The minimum atomic E-state index is -0.250. The standard InChI is InChI=1S/C21H22Cl2N4OS/c1-13(2)18(24-20(28)15-7-5-4-6-8-15)19-25-26-21(27(19)3)29-12-14-9-10-16(22)17(23)11-14/h4-11,13,18H,12H2,1-3H3,(H,24,28). The van der Waals surface area contributed by atoms with E-state index in [1.54, 1.807) is 30.0 Å². The van der Waals surface area contributed by atoms with E-state index in [9.17, 15) is 4.79 Å². The third-order valence-electron chi connectivity index (χ3n) is 4.49. The molecule has 1 atom stereocenters. The van der Waals surface area contributed by atoms with Crippen molar-refractivity contribution in [1.82, 2.24) is 20.1 Å². The van der Waals surface area contributed by atoms with Gasteiger partial charge in [0.15, 0.2) is 11.0 Å². The van der Waals surface area contributed by atoms with Crippen molar-refractivity contribution < 1.29 is 4.79 Å². The molecule has 1 heterocycles. The summed E-state index contributed by atoms with van der Waals surface area (Å²) in [5, 5.41) is 13.6. The maximum absolute atomic E-state index is 12.6. The van der Waals surface area contributed by atoms with Gasteiger partial charge in [-0.3, -0.25) is 4.79 Å². The van der Waals surface area contributed by atoms with E-state index >= 15 is 0 Å². The Hall–Kier alpha value is -2.02. The highest BCUT2D eigenvalue weighted by Gasteiger charge is 2.25. The molecule has 1 amide bonds. The summed E-state index contributed by atoms with van der Waals surface area (Å²) in [6, 6.07) is 14.5. The van der Waals surface area contributed by atoms with E-state index in [-0.39, 0.29) is 17.9 Å². The minimum Gasteiger partial charge on any atom is -0.342 e. The maximum atomic E-state index is 12.6. The van der Waals surface area contributed by atoms with Crippen LogP contribution >= 0.6 is 35.0 Å². The van der Waals surface area contributed by atoms with E-state index in [2.05, 4.69) is 15.5 Å². The molecule has 3 rings (SSSR count). The first-order valence-corrected chi connectivity index (χ1v) is 10.9. The Morgan fingerprint density at radius 2 is 1.83 bits per heavy atom. The Morgan fingerprint density at radius 1 is 1.10 bits per heavy atom. The quantitative estimate of drug-likeness (QED) is 0.481. The number of nitrogens with one attached hydrogen (secondary N) is 1. The van der Waals surface area contributed by atoms with Crippen LogP contribution in [0.1, 0.15) is 41.6 Å². The SMILES string of the molecule is CC(C)C(NC(=O)c1ccccc1)c1nnc(SCc2ccc(Cl)c(Cl)c2)n1C. The van der Waals surface area contributed by atoms with Crippen LogP contribution in [0, 0.1) is 5.92 Å². The largest absolute Gasteiger partial charge is 0.342 e. The molecule has 0 radical (unpaired) electrons. The molecule has 0 bridgehead atoms. The first kappa shape index (κ1) is 21.7. The zero-order chi connectivity index (χ0) is 21.0. The monoisotopic (exact) mass is 448 g/mol. The molecule has 8 heteroatoms. The van der Waals surface area contributed by atoms with Crippen molar-refractivity contribution in [2.45, 2.75) is 30.8 Å². The lowest BCUT2D eigenvalue weighted by Crippen LogP contribution is -2.33. The molecule has 1 N–H and O–H groups in total. The summed E-state index contributed by atoms with van der Waals surface area (Å²) in [6.07, 6.45) is 0. The van der Waals surface area contributed by atoms with Crippen LogP contribution in [0.3, 0.4) is 0 Å². The molecule has 0 spiro atoms. The summed E-state index contributed by atoms with van der Waals surface area (Å²) >= 11 is 13.6. The van der Waals surface area contributed by atoms with Gasteiger partial charge in [0.2, 0.25) is 0 Å². The fourth-order valence-corrected chi connectivity index (χ4v) is 4.03. The van der Waals surface area contributed by atoms with Gasteiger partial charge in [0.25, 0.3) is 5.91 Å². The van der Waals surface area contributed by atoms with Crippen LogP contribution in [0.4, 0.5) is 0 Å². The zero-order valence-corrected chi connectivity index (χ0v) is 18.7. The first-order chi connectivity index (χ1) is 13.9. The molecule has 1 unspecified atom stereocenters. The predicted molar refractivity (Wildman–Crippen MR) is 119 cm³/mol. The minimum absolute atomic E-state index is 0.127. The molecule has 1 aromatic heterocycles. The van der Waals surface area contributed by atoms with Crippen molar-refractivity contribution in [2.24, 2.45) is 13.0 Å². The van der Waals surface area contributed by atoms with Gasteiger partial charge in [0.1, 0.15) is 0 Å². The van der Waals surface area contributed by atoms with Crippen LogP contribution < -0.4 is 5.32 Å². The van der Waals surface area contributed by atoms with Crippen LogP contribution in [-0.2, 0) is 12.8 Å². The average molecular weight is 449 g/mol. The van der Waals surface area contributed by atoms with Crippen molar-refractivity contribution in [3.05, 3.63) is 75.5 Å². The maximum Gasteiger partial charge on any atom is 0.251 e. The highest BCUT2D eigenvalue weighted by Crippen LogP contribution is 2.29. The van der Waals surface area contributed by atoms with E-state index in [0.717, 1.165) is 16.5 Å². The normalized spacial score (nSPS) is 12.2. The summed E-state index contributed by atoms with van der Waals surface area (Å²) in [4.78, 5) is 12.6. The highest BCUT2D eigenvalue weighted by molar-refractivity contribution is 7.98. The third-order valence-corrected chi connectivity index (χ3v) is 6.32. The number of amides is 1. The number of benzene rings is 2. The van der Waals surface area contributed by atoms with Crippen molar-refractivity contribution in [2.75, 3.05) is 0 Å². The van der Waals surface area contributed by atoms with Gasteiger partial charge in [-0.2, -0.15) is 0 Å². The Morgan fingerprint density at radius 3 is 2.48 bits per heavy atom. The van der Waals surface area contributed by atoms with E-state index in [1.165, 1.54) is 0 Å². The molecule has 0 saturated carbocycles. The highest BCUT2D eigenvalue weighted by atomic mass is 35.5. The molecule has 0 aliphatic carbocycles. The number of nitrogens with zero attached hydrogens (tertiary/aromatic N) is 3. The topological polar surface area (TPSA) is 59.8 Å². The second-order valence-electron chi connectivity index (χ2n) is 7.00. The van der Waals surface area contributed by atoms with Gasteiger partial charge in [-0.05, 0) is 35.7 Å². The lowest BCUT2D eigenvalue weighted by Gasteiger charge is -2.21. The molecular weight excluding hydrogens is 427 g/mol. The number of rotatable bonds is 7. The number of carbonyl (C=O) groups excluding carboxylic acids is 1. The first-order valence-electron chi connectivity index (χ1n) is 9.18. The Kier molecular flexibility index (Phi) is 7.22. The van der Waals surface area contributed by atoms with Gasteiger partial charge in [0, 0.05) is 18.4 Å². The van der Waals surface area contributed by atoms with Crippen molar-refractivity contribution in [1.29, 1.82) is 0 Å². The molecule has 5 nitrogen and oxygen atoms in total. The Balaban J connectivity index is 1.74. The third kappa shape index (κ3) is 5.32. The van der Waals surface area contributed by atoms with Crippen molar-refractivity contribution in [3.8, 4) is 0 Å². The summed E-state index contributed by atoms with van der Waals surface area (Å²) in [7, 11) is 1.91. The van der Waals surface area contributed by atoms with Crippen LogP contribution in [0.15, 0.2) is 53.7 Å². The van der Waals surface area contributed by atoms with Gasteiger partial charge in [-0.1, -0.05) is 73.1 Å². The van der Waals surface area contributed by atoms with E-state index in [1.807, 2.05) is 55.8 Å². The molecule has 0 fully saturated rings. The fraction of sp³-hybridized carbons (Fsp3) is 0.286. The van der Waals surface area contributed by atoms with Gasteiger partial charge < -0.3 is 9.88 Å². The number of thioether (sulfide) groups is 1. The summed E-state index contributed by atoms with van der Waals surface area (Å²) in [6.45, 7) is 4.10. The summed E-state index contributed by atoms with van der Waals surface area (Å²) < 4.78 is 1.93. The van der Waals surface area contributed by atoms with Crippen molar-refractivity contribution in [3.63, 3.8) is 0 Å². The number of carbonyl (C=O) groups is 1. The number of hydrogen-bond donors (Lipinski definition) is 1. The second-order valence-corrected chi connectivity index (χ2v) is 8.76. The summed E-state index contributed by atoms with van der Waals surface area (Å²) in [5.74, 6) is 1.43. The van der Waals surface area contributed by atoms with E-state index < -0.39 is 0 Å². The van der Waals surface area contributed by atoms with E-state index in [0.29, 0.717) is 21.4 Å². The van der Waals surface area contributed by atoms with Gasteiger partial charge in [-0.25, -0.2) is 0 Å². The Bertz CT molecular complexity index is 992. The van der Waals surface area contributed by atoms with Gasteiger partial charge in [-0.15, -0.1) is 10.2 Å². The Labute approximate surface area is 184 Å². The number of halogens is 2. The molecular formula is C21H22Cl2N4OS. The smallest absolute Gasteiger partial charge is 0.251 e. The molecule has 3 aromatic rings. The van der Waals surface area contributed by atoms with Crippen LogP contribution in [0.25, 0.3) is 0 Å². The van der Waals surface area contributed by atoms with Crippen LogP contribution in [0.5, 0.6) is 0 Å². The number of aromatic nitrogens is 3. The molecule has 29 heavy (non-hydrogen) atoms. The molecule has 0 saturated heterocycles. The predicted octanol–water partition coefficient (Wildman–Crippen LogP) is 5.54. The molecule has 152 valence electrons. The summed E-state index contributed by atoms with van der Waals surface area (Å²) in [5.41, 5.74) is 1.67. The molecule has 0 aliphatic heterocycles. The fourth-order valence-electron chi connectivity index (χ4n) is 2.84. The van der Waals surface area contributed by atoms with Gasteiger partial charge >= 0.3 is 0 Å². The van der Waals surface area contributed by atoms with Crippen LogP contribution in [0.2, 0.25) is 10.0 Å². The van der Waals surface area contributed by atoms with E-state index in [4.69, 9.17) is 23.2 Å². The molecule has 2 aromatic carbocycles. The van der Waals surface area contributed by atoms with Gasteiger partial charge in [0.05, 0.1) is 16.1 Å². The average Bonchev–Trinajstić information content (AvgIpc) is 3.07. The number of hydrogen-bond acceptors (Lipinski definition) is 4. The van der Waals surface area contributed by atoms with Crippen molar-refractivity contribution >= 4 is 40.9 Å².